The van der Waals surface area contributed by atoms with E-state index in [4.69, 9.17) is 15.9 Å². The van der Waals surface area contributed by atoms with Gasteiger partial charge >= 0.3 is 0 Å². The van der Waals surface area contributed by atoms with Crippen molar-refractivity contribution in [3.8, 4) is 5.75 Å². The minimum Gasteiger partial charge on any atom is -0.493 e. The number of benzene rings is 1. The average Bonchev–Trinajstić information content (AvgIpc) is 2.27. The Morgan fingerprint density at radius 1 is 1.38 bits per heavy atom. The Balaban J connectivity index is 2.48. The highest BCUT2D eigenvalue weighted by Crippen LogP contribution is 2.14. The van der Waals surface area contributed by atoms with Gasteiger partial charge in [0.05, 0.1) is 12.4 Å². The van der Waals surface area contributed by atoms with Crippen LogP contribution in [0, 0.1) is 11.3 Å². The van der Waals surface area contributed by atoms with E-state index in [1.165, 1.54) is 0 Å². The van der Waals surface area contributed by atoms with Crippen molar-refractivity contribution in [2.24, 2.45) is 11.7 Å². The molecule has 0 aliphatic rings. The summed E-state index contributed by atoms with van der Waals surface area (Å²) in [6, 6.07) is 7.77. The SMILES string of the molecule is CCC(C)COc1ccc(CC(=N)N)cc1. The number of ether oxygens (including phenoxy) is 1. The molecule has 16 heavy (non-hydrogen) atoms. The Bertz CT molecular complexity index is 332. The molecular formula is C13H20N2O. The Labute approximate surface area is 97.1 Å². The van der Waals surface area contributed by atoms with Gasteiger partial charge in [0.25, 0.3) is 0 Å². The van der Waals surface area contributed by atoms with Gasteiger partial charge in [0.15, 0.2) is 0 Å². The second-order valence-electron chi connectivity index (χ2n) is 4.17. The first kappa shape index (κ1) is 12.6. The first-order valence-electron chi connectivity index (χ1n) is 5.66. The van der Waals surface area contributed by atoms with Gasteiger partial charge in [-0.15, -0.1) is 0 Å². The molecule has 0 aliphatic carbocycles. The molecular weight excluding hydrogens is 200 g/mol. The zero-order chi connectivity index (χ0) is 12.0. The highest BCUT2D eigenvalue weighted by Gasteiger charge is 2.01. The Kier molecular flexibility index (Phi) is 4.83. The fourth-order valence-electron chi connectivity index (χ4n) is 1.28. The van der Waals surface area contributed by atoms with Gasteiger partial charge in [0.2, 0.25) is 0 Å². The predicted octanol–water partition coefficient (Wildman–Crippen LogP) is 2.59. The maximum atomic E-state index is 7.19. The lowest BCUT2D eigenvalue weighted by molar-refractivity contribution is 0.256. The summed E-state index contributed by atoms with van der Waals surface area (Å²) in [5, 5.41) is 7.19. The molecule has 0 aromatic heterocycles. The molecule has 0 radical (unpaired) electrons. The molecule has 3 N–H and O–H groups in total. The topological polar surface area (TPSA) is 59.1 Å². The van der Waals surface area contributed by atoms with Crippen molar-refractivity contribution in [1.82, 2.24) is 0 Å². The van der Waals surface area contributed by atoms with Gasteiger partial charge < -0.3 is 10.5 Å². The van der Waals surface area contributed by atoms with E-state index >= 15 is 0 Å². The molecule has 1 unspecified atom stereocenters. The van der Waals surface area contributed by atoms with Crippen LogP contribution in [0.3, 0.4) is 0 Å². The van der Waals surface area contributed by atoms with Crippen LogP contribution in [0.4, 0.5) is 0 Å². The van der Waals surface area contributed by atoms with Crippen LogP contribution in [0.2, 0.25) is 0 Å². The number of nitrogens with two attached hydrogens (primary N) is 1. The highest BCUT2D eigenvalue weighted by atomic mass is 16.5. The van der Waals surface area contributed by atoms with Crippen LogP contribution in [-0.4, -0.2) is 12.4 Å². The molecule has 0 spiro atoms. The van der Waals surface area contributed by atoms with Crippen LogP contribution in [0.5, 0.6) is 5.75 Å². The molecule has 3 nitrogen and oxygen atoms in total. The number of nitrogens with one attached hydrogen (secondary N) is 1. The molecule has 1 aromatic carbocycles. The van der Waals surface area contributed by atoms with Crippen LogP contribution < -0.4 is 10.5 Å². The van der Waals surface area contributed by atoms with Crippen molar-refractivity contribution in [1.29, 1.82) is 5.41 Å². The van der Waals surface area contributed by atoms with Gasteiger partial charge in [-0.25, -0.2) is 0 Å². The Morgan fingerprint density at radius 3 is 2.50 bits per heavy atom. The number of hydrogen-bond acceptors (Lipinski definition) is 2. The van der Waals surface area contributed by atoms with Gasteiger partial charge in [-0.2, -0.15) is 0 Å². The summed E-state index contributed by atoms with van der Waals surface area (Å²) in [5.74, 6) is 1.65. The van der Waals surface area contributed by atoms with E-state index < -0.39 is 0 Å². The van der Waals surface area contributed by atoms with Crippen LogP contribution >= 0.6 is 0 Å². The summed E-state index contributed by atoms with van der Waals surface area (Å²) in [6.07, 6.45) is 1.63. The van der Waals surface area contributed by atoms with Crippen LogP contribution in [0.15, 0.2) is 24.3 Å². The molecule has 1 atom stereocenters. The van der Waals surface area contributed by atoms with Crippen LogP contribution in [0.1, 0.15) is 25.8 Å². The van der Waals surface area contributed by atoms with E-state index in [1.807, 2.05) is 24.3 Å². The number of hydrogen-bond donors (Lipinski definition) is 2. The summed E-state index contributed by atoms with van der Waals surface area (Å²) in [6.45, 7) is 5.08. The van der Waals surface area contributed by atoms with Crippen molar-refractivity contribution in [2.75, 3.05) is 6.61 Å². The minimum atomic E-state index is 0.188. The number of amidine groups is 1. The molecule has 0 fully saturated rings. The van der Waals surface area contributed by atoms with E-state index in [-0.39, 0.29) is 5.84 Å². The van der Waals surface area contributed by atoms with Crippen LogP contribution in [0.25, 0.3) is 0 Å². The Hall–Kier alpha value is -1.51. The molecule has 88 valence electrons. The molecule has 0 saturated carbocycles. The molecule has 0 aliphatic heterocycles. The van der Waals surface area contributed by atoms with Crippen molar-refractivity contribution in [3.63, 3.8) is 0 Å². The highest BCUT2D eigenvalue weighted by molar-refractivity contribution is 5.79. The molecule has 0 bridgehead atoms. The molecule has 0 amide bonds. The summed E-state index contributed by atoms with van der Waals surface area (Å²) < 4.78 is 5.63. The zero-order valence-electron chi connectivity index (χ0n) is 9.99. The van der Waals surface area contributed by atoms with Gasteiger partial charge in [-0.1, -0.05) is 32.4 Å². The fourth-order valence-corrected chi connectivity index (χ4v) is 1.28. The molecule has 0 saturated heterocycles. The fraction of sp³-hybridized carbons (Fsp3) is 0.462. The van der Waals surface area contributed by atoms with Gasteiger partial charge in [0.1, 0.15) is 5.75 Å². The predicted molar refractivity (Wildman–Crippen MR) is 67.0 cm³/mol. The molecule has 1 rings (SSSR count). The average molecular weight is 220 g/mol. The van der Waals surface area contributed by atoms with E-state index in [2.05, 4.69) is 13.8 Å². The van der Waals surface area contributed by atoms with Gasteiger partial charge in [-0.3, -0.25) is 5.41 Å². The summed E-state index contributed by atoms with van der Waals surface area (Å²) in [5.41, 5.74) is 6.38. The van der Waals surface area contributed by atoms with Crippen molar-refractivity contribution in [2.45, 2.75) is 26.7 Å². The maximum absolute atomic E-state index is 7.19. The first-order chi connectivity index (χ1) is 7.61. The monoisotopic (exact) mass is 220 g/mol. The molecule has 0 heterocycles. The van der Waals surface area contributed by atoms with E-state index in [1.54, 1.807) is 0 Å². The second-order valence-corrected chi connectivity index (χ2v) is 4.17. The normalized spacial score (nSPS) is 12.1. The lowest BCUT2D eigenvalue weighted by atomic mass is 10.1. The summed E-state index contributed by atoms with van der Waals surface area (Å²) in [7, 11) is 0. The van der Waals surface area contributed by atoms with E-state index in [0.717, 1.165) is 24.3 Å². The van der Waals surface area contributed by atoms with E-state index in [9.17, 15) is 0 Å². The Morgan fingerprint density at radius 2 is 2.00 bits per heavy atom. The van der Waals surface area contributed by atoms with Crippen molar-refractivity contribution < 1.29 is 4.74 Å². The largest absolute Gasteiger partial charge is 0.493 e. The van der Waals surface area contributed by atoms with Crippen molar-refractivity contribution >= 4 is 5.84 Å². The second kappa shape index (κ2) is 6.16. The maximum Gasteiger partial charge on any atom is 0.119 e. The minimum absolute atomic E-state index is 0.188. The third kappa shape index (κ3) is 4.34. The lowest BCUT2D eigenvalue weighted by Gasteiger charge is -2.11. The molecule has 3 heteroatoms. The van der Waals surface area contributed by atoms with Crippen molar-refractivity contribution in [3.05, 3.63) is 29.8 Å². The third-order valence-corrected chi connectivity index (χ3v) is 2.55. The number of rotatable bonds is 6. The smallest absolute Gasteiger partial charge is 0.119 e. The summed E-state index contributed by atoms with van der Waals surface area (Å²) >= 11 is 0. The first-order valence-corrected chi connectivity index (χ1v) is 5.66. The van der Waals surface area contributed by atoms with E-state index in [0.29, 0.717) is 12.3 Å². The quantitative estimate of drug-likeness (QED) is 0.572. The standard InChI is InChI=1S/C13H20N2O/c1-3-10(2)9-16-12-6-4-11(5-7-12)8-13(14)15/h4-7,10H,3,8-9H2,1-2H3,(H3,14,15). The zero-order valence-corrected chi connectivity index (χ0v) is 9.99. The van der Waals surface area contributed by atoms with Crippen LogP contribution in [-0.2, 0) is 6.42 Å². The van der Waals surface area contributed by atoms with Gasteiger partial charge in [0, 0.05) is 6.42 Å². The van der Waals surface area contributed by atoms with Gasteiger partial charge in [-0.05, 0) is 23.6 Å². The molecule has 1 aromatic rings. The lowest BCUT2D eigenvalue weighted by Crippen LogP contribution is -2.12. The summed E-state index contributed by atoms with van der Waals surface area (Å²) in [4.78, 5) is 0. The third-order valence-electron chi connectivity index (χ3n) is 2.55.